The second-order valence-corrected chi connectivity index (χ2v) is 10.3. The number of ether oxygens (including phenoxy) is 1. The number of anilines is 1. The molecule has 36 heavy (non-hydrogen) atoms. The molecule has 1 atom stereocenters. The summed E-state index contributed by atoms with van der Waals surface area (Å²) in [5.74, 6) is -1.59. The van der Waals surface area contributed by atoms with Crippen molar-refractivity contribution >= 4 is 33.3 Å². The second kappa shape index (κ2) is 9.62. The first-order valence-electron chi connectivity index (χ1n) is 10.5. The van der Waals surface area contributed by atoms with Gasteiger partial charge in [-0.3, -0.25) is 9.10 Å². The van der Waals surface area contributed by atoms with Crippen LogP contribution >= 0.6 is 11.6 Å². The number of benzene rings is 3. The maximum atomic E-state index is 13.6. The van der Waals surface area contributed by atoms with E-state index in [-0.39, 0.29) is 35.8 Å². The molecule has 0 fully saturated rings. The Kier molecular flexibility index (Phi) is 6.89. The molecule has 1 N–H and O–H groups in total. The van der Waals surface area contributed by atoms with Gasteiger partial charge in [0.25, 0.3) is 10.0 Å². The molecular weight excluding hydrogens is 526 g/mol. The SMILES string of the molecule is O=C(O)CC[C@H]1CN(S(=O)(=O)c2cccc(C(F)(F)F)c2)c2cc(-c3ccc(F)cc3Cl)ccc2O1. The van der Waals surface area contributed by atoms with Gasteiger partial charge >= 0.3 is 12.1 Å². The number of halogens is 5. The van der Waals surface area contributed by atoms with Crippen molar-refractivity contribution in [3.8, 4) is 16.9 Å². The number of sulfonamides is 1. The van der Waals surface area contributed by atoms with Gasteiger partial charge in [0.2, 0.25) is 0 Å². The number of aliphatic carboxylic acids is 1. The molecular formula is C24H18ClF4NO5S. The Morgan fingerprint density at radius 1 is 1.11 bits per heavy atom. The summed E-state index contributed by atoms with van der Waals surface area (Å²) in [5.41, 5.74) is -0.302. The zero-order chi connectivity index (χ0) is 26.3. The number of hydrogen-bond donors (Lipinski definition) is 1. The molecule has 12 heteroatoms. The lowest BCUT2D eigenvalue weighted by atomic mass is 10.0. The van der Waals surface area contributed by atoms with Crippen molar-refractivity contribution < 1.29 is 40.6 Å². The lowest BCUT2D eigenvalue weighted by molar-refractivity contribution is -0.138. The fourth-order valence-corrected chi connectivity index (χ4v) is 5.65. The van der Waals surface area contributed by atoms with Crippen LogP contribution in [0.25, 0.3) is 11.1 Å². The van der Waals surface area contributed by atoms with Crippen LogP contribution in [0.3, 0.4) is 0 Å². The second-order valence-electron chi connectivity index (χ2n) is 8.04. The van der Waals surface area contributed by atoms with E-state index in [9.17, 15) is 30.8 Å². The van der Waals surface area contributed by atoms with E-state index in [1.54, 1.807) is 6.07 Å². The van der Waals surface area contributed by atoms with Crippen LogP contribution in [0.15, 0.2) is 65.6 Å². The van der Waals surface area contributed by atoms with Gasteiger partial charge in [0.05, 0.1) is 27.7 Å². The van der Waals surface area contributed by atoms with Gasteiger partial charge in [0, 0.05) is 12.0 Å². The van der Waals surface area contributed by atoms with Crippen molar-refractivity contribution in [2.45, 2.75) is 30.0 Å². The average molecular weight is 544 g/mol. The van der Waals surface area contributed by atoms with Crippen LogP contribution in [-0.4, -0.2) is 32.1 Å². The lowest BCUT2D eigenvalue weighted by Gasteiger charge is -2.36. The first kappa shape index (κ1) is 25.8. The van der Waals surface area contributed by atoms with Crippen LogP contribution in [0.1, 0.15) is 18.4 Å². The van der Waals surface area contributed by atoms with Crippen molar-refractivity contribution in [1.29, 1.82) is 0 Å². The number of carboxylic acid groups (broad SMARTS) is 1. The molecule has 0 radical (unpaired) electrons. The standard InChI is InChI=1S/C24H18ClF4NO5S/c25-20-12-16(26)5-7-19(20)14-4-8-22-21(10-14)30(13-17(35-22)6-9-23(31)32)36(33,34)18-3-1-2-15(11-18)24(27,28)29/h1-5,7-8,10-12,17H,6,9,13H2,(H,31,32)/t17-/m0/s1. The first-order chi connectivity index (χ1) is 16.9. The van der Waals surface area contributed by atoms with Crippen LogP contribution < -0.4 is 9.04 Å². The zero-order valence-electron chi connectivity index (χ0n) is 18.3. The molecule has 6 nitrogen and oxygen atoms in total. The molecule has 190 valence electrons. The summed E-state index contributed by atoms with van der Waals surface area (Å²) < 4.78 is 87.2. The molecule has 4 rings (SSSR count). The summed E-state index contributed by atoms with van der Waals surface area (Å²) in [4.78, 5) is 10.5. The van der Waals surface area contributed by atoms with Crippen molar-refractivity contribution in [3.63, 3.8) is 0 Å². The largest absolute Gasteiger partial charge is 0.486 e. The number of nitrogens with zero attached hydrogens (tertiary/aromatic N) is 1. The van der Waals surface area contributed by atoms with Gasteiger partial charge in [0.1, 0.15) is 17.7 Å². The Balaban J connectivity index is 1.82. The van der Waals surface area contributed by atoms with Gasteiger partial charge in [0.15, 0.2) is 0 Å². The van der Waals surface area contributed by atoms with E-state index in [0.29, 0.717) is 17.2 Å². The monoisotopic (exact) mass is 543 g/mol. The van der Waals surface area contributed by atoms with Gasteiger partial charge in [-0.25, -0.2) is 12.8 Å². The summed E-state index contributed by atoms with van der Waals surface area (Å²) in [6.07, 6.45) is -5.96. The maximum absolute atomic E-state index is 13.6. The predicted octanol–water partition coefficient (Wildman–Crippen LogP) is 5.99. The summed E-state index contributed by atoms with van der Waals surface area (Å²) in [5, 5.41) is 9.09. The van der Waals surface area contributed by atoms with E-state index in [2.05, 4.69) is 0 Å². The minimum absolute atomic E-state index is 0.0249. The van der Waals surface area contributed by atoms with Crippen LogP contribution in [0.4, 0.5) is 23.2 Å². The number of rotatable bonds is 6. The fraction of sp³-hybridized carbons (Fsp3) is 0.208. The third-order valence-corrected chi connectivity index (χ3v) is 7.65. The van der Waals surface area contributed by atoms with Crippen LogP contribution in [-0.2, 0) is 21.0 Å². The molecule has 0 saturated carbocycles. The topological polar surface area (TPSA) is 83.9 Å². The quantitative estimate of drug-likeness (QED) is 0.386. The van der Waals surface area contributed by atoms with Crippen LogP contribution in [0.5, 0.6) is 5.75 Å². The highest BCUT2D eigenvalue weighted by molar-refractivity contribution is 7.92. The van der Waals surface area contributed by atoms with Gasteiger partial charge < -0.3 is 9.84 Å². The maximum Gasteiger partial charge on any atom is 0.416 e. The molecule has 1 aliphatic rings. The minimum atomic E-state index is -4.76. The van der Waals surface area contributed by atoms with Crippen LogP contribution in [0.2, 0.25) is 5.02 Å². The Bertz CT molecular complexity index is 1430. The number of hydrogen-bond acceptors (Lipinski definition) is 4. The predicted molar refractivity (Wildman–Crippen MR) is 124 cm³/mol. The summed E-state index contributed by atoms with van der Waals surface area (Å²) in [6.45, 7) is -0.334. The number of alkyl halides is 3. The van der Waals surface area contributed by atoms with Crippen molar-refractivity contribution in [2.75, 3.05) is 10.8 Å². The van der Waals surface area contributed by atoms with Gasteiger partial charge in [-0.15, -0.1) is 0 Å². The van der Waals surface area contributed by atoms with Gasteiger partial charge in [-0.1, -0.05) is 23.7 Å². The molecule has 0 amide bonds. The average Bonchev–Trinajstić information content (AvgIpc) is 2.81. The van der Waals surface area contributed by atoms with E-state index in [0.717, 1.165) is 28.6 Å². The van der Waals surface area contributed by atoms with E-state index < -0.39 is 44.5 Å². The molecule has 0 unspecified atom stereocenters. The normalized spacial score (nSPS) is 15.8. The van der Waals surface area contributed by atoms with E-state index in [4.69, 9.17) is 21.4 Å². The van der Waals surface area contributed by atoms with E-state index in [1.165, 1.54) is 24.3 Å². The third-order valence-electron chi connectivity index (χ3n) is 5.56. The highest BCUT2D eigenvalue weighted by Crippen LogP contribution is 2.42. The Morgan fingerprint density at radius 3 is 2.53 bits per heavy atom. The van der Waals surface area contributed by atoms with Gasteiger partial charge in [-0.05, 0) is 60.5 Å². The summed E-state index contributed by atoms with van der Waals surface area (Å²) >= 11 is 6.16. The summed E-state index contributed by atoms with van der Waals surface area (Å²) in [7, 11) is -4.53. The Labute approximate surface area is 208 Å². The molecule has 0 aliphatic carbocycles. The molecule has 1 aliphatic heterocycles. The Morgan fingerprint density at radius 2 is 1.86 bits per heavy atom. The third kappa shape index (κ3) is 5.26. The highest BCUT2D eigenvalue weighted by atomic mass is 35.5. The molecule has 3 aromatic carbocycles. The number of fused-ring (bicyclic) bond motifs is 1. The molecule has 0 spiro atoms. The van der Waals surface area contributed by atoms with E-state index >= 15 is 0 Å². The number of carboxylic acids is 1. The van der Waals surface area contributed by atoms with Crippen molar-refractivity contribution in [3.05, 3.63) is 77.1 Å². The first-order valence-corrected chi connectivity index (χ1v) is 12.4. The molecule has 3 aromatic rings. The fourth-order valence-electron chi connectivity index (χ4n) is 3.83. The molecule has 1 heterocycles. The number of carbonyl (C=O) groups is 1. The van der Waals surface area contributed by atoms with Crippen LogP contribution in [0, 0.1) is 5.82 Å². The van der Waals surface area contributed by atoms with Crippen molar-refractivity contribution in [2.24, 2.45) is 0 Å². The minimum Gasteiger partial charge on any atom is -0.486 e. The van der Waals surface area contributed by atoms with Gasteiger partial charge in [-0.2, -0.15) is 13.2 Å². The molecule has 0 bridgehead atoms. The van der Waals surface area contributed by atoms with Crippen molar-refractivity contribution in [1.82, 2.24) is 0 Å². The molecule has 0 aromatic heterocycles. The smallest absolute Gasteiger partial charge is 0.416 e. The lowest BCUT2D eigenvalue weighted by Crippen LogP contribution is -2.43. The highest BCUT2D eigenvalue weighted by Gasteiger charge is 2.37. The Hall–Kier alpha value is -3.31. The molecule has 0 saturated heterocycles. The van der Waals surface area contributed by atoms with E-state index in [1.807, 2.05) is 0 Å². The zero-order valence-corrected chi connectivity index (χ0v) is 19.9. The summed E-state index contributed by atoms with van der Waals surface area (Å²) in [6, 6.07) is 11.5.